The van der Waals surface area contributed by atoms with E-state index in [1.54, 1.807) is 13.8 Å². The molecule has 3 heteroatoms. The number of para-hydroxylation sites is 2. The number of benzene rings is 1. The standard InChI is InChI=1S/C12H16O3/c1-12(2,13)11-7-8-14-9-5-3-4-6-10(9)15-11/h3-6,11,13H,7-8H2,1-2H3. The molecule has 2 rings (SSSR count). The maximum absolute atomic E-state index is 9.91. The second kappa shape index (κ2) is 3.74. The fourth-order valence-corrected chi connectivity index (χ4v) is 1.65. The van der Waals surface area contributed by atoms with E-state index in [0.29, 0.717) is 18.8 Å². The highest BCUT2D eigenvalue weighted by Gasteiger charge is 2.31. The van der Waals surface area contributed by atoms with Crippen LogP contribution in [-0.2, 0) is 0 Å². The van der Waals surface area contributed by atoms with Gasteiger partial charge in [0.25, 0.3) is 0 Å². The van der Waals surface area contributed by atoms with Crippen LogP contribution in [0.25, 0.3) is 0 Å². The molecule has 1 aromatic carbocycles. The molecule has 0 saturated carbocycles. The van der Waals surface area contributed by atoms with Crippen LogP contribution >= 0.6 is 0 Å². The SMILES string of the molecule is CC(C)(O)C1CCOc2ccccc2O1. The highest BCUT2D eigenvalue weighted by molar-refractivity contribution is 5.40. The molecule has 1 N–H and O–H groups in total. The highest BCUT2D eigenvalue weighted by Crippen LogP contribution is 2.32. The normalized spacial score (nSPS) is 20.9. The molecule has 1 aromatic rings. The van der Waals surface area contributed by atoms with E-state index in [9.17, 15) is 5.11 Å². The third-order valence-corrected chi connectivity index (χ3v) is 2.54. The van der Waals surface area contributed by atoms with Crippen molar-refractivity contribution in [3.8, 4) is 11.5 Å². The summed E-state index contributed by atoms with van der Waals surface area (Å²) >= 11 is 0. The first-order chi connectivity index (χ1) is 7.07. The van der Waals surface area contributed by atoms with Gasteiger partial charge in [-0.15, -0.1) is 0 Å². The van der Waals surface area contributed by atoms with Gasteiger partial charge in [0.05, 0.1) is 12.2 Å². The smallest absolute Gasteiger partial charge is 0.161 e. The molecule has 3 nitrogen and oxygen atoms in total. The fraction of sp³-hybridized carbons (Fsp3) is 0.500. The van der Waals surface area contributed by atoms with Crippen LogP contribution < -0.4 is 9.47 Å². The number of rotatable bonds is 1. The van der Waals surface area contributed by atoms with Gasteiger partial charge in [0.2, 0.25) is 0 Å². The zero-order valence-electron chi connectivity index (χ0n) is 9.06. The van der Waals surface area contributed by atoms with Crippen molar-refractivity contribution in [3.63, 3.8) is 0 Å². The Morgan fingerprint density at radius 1 is 1.27 bits per heavy atom. The average molecular weight is 208 g/mol. The van der Waals surface area contributed by atoms with E-state index in [0.717, 1.165) is 5.75 Å². The average Bonchev–Trinajstić information content (AvgIpc) is 2.38. The van der Waals surface area contributed by atoms with Crippen molar-refractivity contribution >= 4 is 0 Å². The largest absolute Gasteiger partial charge is 0.490 e. The van der Waals surface area contributed by atoms with Gasteiger partial charge in [0.1, 0.15) is 6.10 Å². The second-order valence-corrected chi connectivity index (χ2v) is 4.34. The summed E-state index contributed by atoms with van der Waals surface area (Å²) in [7, 11) is 0. The Balaban J connectivity index is 2.25. The summed E-state index contributed by atoms with van der Waals surface area (Å²) in [6, 6.07) is 7.54. The van der Waals surface area contributed by atoms with Gasteiger partial charge in [-0.2, -0.15) is 0 Å². The molecule has 1 atom stereocenters. The second-order valence-electron chi connectivity index (χ2n) is 4.34. The summed E-state index contributed by atoms with van der Waals surface area (Å²) in [6.45, 7) is 4.09. The van der Waals surface area contributed by atoms with Crippen molar-refractivity contribution in [3.05, 3.63) is 24.3 Å². The van der Waals surface area contributed by atoms with Crippen LogP contribution in [-0.4, -0.2) is 23.4 Å². The van der Waals surface area contributed by atoms with Crippen LogP contribution in [0.15, 0.2) is 24.3 Å². The Morgan fingerprint density at radius 3 is 2.60 bits per heavy atom. The van der Waals surface area contributed by atoms with Crippen molar-refractivity contribution in [2.45, 2.75) is 32.0 Å². The summed E-state index contributed by atoms with van der Waals surface area (Å²) in [4.78, 5) is 0. The van der Waals surface area contributed by atoms with Crippen LogP contribution in [0.4, 0.5) is 0 Å². The molecule has 0 amide bonds. The molecule has 82 valence electrons. The van der Waals surface area contributed by atoms with Crippen molar-refractivity contribution in [2.24, 2.45) is 0 Å². The van der Waals surface area contributed by atoms with Crippen LogP contribution in [0.5, 0.6) is 11.5 Å². The molecule has 0 aromatic heterocycles. The third kappa shape index (κ3) is 2.23. The monoisotopic (exact) mass is 208 g/mol. The first-order valence-corrected chi connectivity index (χ1v) is 5.18. The lowest BCUT2D eigenvalue weighted by atomic mass is 9.99. The van der Waals surface area contributed by atoms with E-state index in [-0.39, 0.29) is 6.10 Å². The molecule has 0 saturated heterocycles. The highest BCUT2D eigenvalue weighted by atomic mass is 16.5. The lowest BCUT2D eigenvalue weighted by molar-refractivity contribution is -0.0362. The molecule has 1 heterocycles. The minimum Gasteiger partial charge on any atom is -0.490 e. The van der Waals surface area contributed by atoms with Gasteiger partial charge in [0.15, 0.2) is 11.5 Å². The predicted molar refractivity (Wildman–Crippen MR) is 57.3 cm³/mol. The van der Waals surface area contributed by atoms with E-state index in [1.165, 1.54) is 0 Å². The van der Waals surface area contributed by atoms with Gasteiger partial charge >= 0.3 is 0 Å². The van der Waals surface area contributed by atoms with Crippen LogP contribution in [0.1, 0.15) is 20.3 Å². The first kappa shape index (κ1) is 10.3. The number of aliphatic hydroxyl groups is 1. The summed E-state index contributed by atoms with van der Waals surface area (Å²) in [6.07, 6.45) is 0.471. The topological polar surface area (TPSA) is 38.7 Å². The van der Waals surface area contributed by atoms with Crippen LogP contribution in [0.3, 0.4) is 0 Å². The molecule has 1 aliphatic rings. The Bertz CT molecular complexity index is 341. The molecule has 15 heavy (non-hydrogen) atoms. The van der Waals surface area contributed by atoms with E-state index >= 15 is 0 Å². The zero-order chi connectivity index (χ0) is 10.9. The Kier molecular flexibility index (Phi) is 2.57. The minimum atomic E-state index is -0.846. The third-order valence-electron chi connectivity index (χ3n) is 2.54. The Hall–Kier alpha value is -1.22. The van der Waals surface area contributed by atoms with Crippen LogP contribution in [0.2, 0.25) is 0 Å². The van der Waals surface area contributed by atoms with E-state index in [2.05, 4.69) is 0 Å². The summed E-state index contributed by atoms with van der Waals surface area (Å²) < 4.78 is 11.3. The molecular weight excluding hydrogens is 192 g/mol. The maximum Gasteiger partial charge on any atom is 0.161 e. The maximum atomic E-state index is 9.91. The first-order valence-electron chi connectivity index (χ1n) is 5.18. The number of hydrogen-bond acceptors (Lipinski definition) is 3. The lowest BCUT2D eigenvalue weighted by Crippen LogP contribution is -2.40. The van der Waals surface area contributed by atoms with Gasteiger partial charge < -0.3 is 14.6 Å². The van der Waals surface area contributed by atoms with Crippen molar-refractivity contribution < 1.29 is 14.6 Å². The summed E-state index contributed by atoms with van der Waals surface area (Å²) in [5.74, 6) is 1.46. The van der Waals surface area contributed by atoms with Gasteiger partial charge in [0, 0.05) is 6.42 Å². The van der Waals surface area contributed by atoms with Crippen molar-refractivity contribution in [2.75, 3.05) is 6.61 Å². The summed E-state index contributed by atoms with van der Waals surface area (Å²) in [5, 5.41) is 9.91. The molecule has 1 unspecified atom stereocenters. The van der Waals surface area contributed by atoms with Gasteiger partial charge in [-0.05, 0) is 26.0 Å². The lowest BCUT2D eigenvalue weighted by Gasteiger charge is -2.27. The van der Waals surface area contributed by atoms with Crippen molar-refractivity contribution in [1.82, 2.24) is 0 Å². The van der Waals surface area contributed by atoms with Gasteiger partial charge in [-0.3, -0.25) is 0 Å². The number of fused-ring (bicyclic) bond motifs is 1. The molecule has 0 radical (unpaired) electrons. The van der Waals surface area contributed by atoms with Crippen molar-refractivity contribution in [1.29, 1.82) is 0 Å². The summed E-state index contributed by atoms with van der Waals surface area (Å²) in [5.41, 5.74) is -0.846. The van der Waals surface area contributed by atoms with Crippen LogP contribution in [0, 0.1) is 0 Å². The minimum absolute atomic E-state index is 0.221. The Morgan fingerprint density at radius 2 is 1.93 bits per heavy atom. The Labute approximate surface area is 89.6 Å². The molecule has 0 fully saturated rings. The molecule has 0 bridgehead atoms. The van der Waals surface area contributed by atoms with E-state index < -0.39 is 5.60 Å². The van der Waals surface area contributed by atoms with Gasteiger partial charge in [-0.1, -0.05) is 12.1 Å². The number of hydrogen-bond donors (Lipinski definition) is 1. The van der Waals surface area contributed by atoms with E-state index in [1.807, 2.05) is 24.3 Å². The number of ether oxygens (including phenoxy) is 2. The predicted octanol–water partition coefficient (Wildman–Crippen LogP) is 1.99. The van der Waals surface area contributed by atoms with E-state index in [4.69, 9.17) is 9.47 Å². The molecule has 1 aliphatic heterocycles. The molecular formula is C12H16O3. The molecule has 0 aliphatic carbocycles. The molecule has 0 spiro atoms. The quantitative estimate of drug-likeness (QED) is 0.767. The zero-order valence-corrected chi connectivity index (χ0v) is 9.06. The van der Waals surface area contributed by atoms with Gasteiger partial charge in [-0.25, -0.2) is 0 Å². The fourth-order valence-electron chi connectivity index (χ4n) is 1.65.